The first-order chi connectivity index (χ1) is 5.69. The van der Waals surface area contributed by atoms with E-state index >= 15 is 0 Å². The van der Waals surface area contributed by atoms with Crippen LogP contribution in [0.25, 0.3) is 0 Å². The van der Waals surface area contributed by atoms with Crippen LogP contribution in [0, 0.1) is 17.3 Å². The Morgan fingerprint density at radius 1 is 1.17 bits per heavy atom. The molecule has 0 spiro atoms. The molecule has 2 unspecified atom stereocenters. The third kappa shape index (κ3) is 0.614. The Labute approximate surface area is 71.9 Å². The van der Waals surface area contributed by atoms with Crippen molar-refractivity contribution in [3.05, 3.63) is 23.7 Å². The lowest BCUT2D eigenvalue weighted by atomic mass is 10.1. The SMILES string of the molecule is CC1(C)C2C=C3OCOC3=CC21. The summed E-state index contributed by atoms with van der Waals surface area (Å²) in [7, 11) is 0. The fourth-order valence-corrected chi connectivity index (χ4v) is 2.24. The Balaban J connectivity index is 2.01. The van der Waals surface area contributed by atoms with Crippen molar-refractivity contribution in [2.75, 3.05) is 6.79 Å². The molecule has 0 radical (unpaired) electrons. The van der Waals surface area contributed by atoms with Crippen molar-refractivity contribution in [3.8, 4) is 0 Å². The fourth-order valence-electron chi connectivity index (χ4n) is 2.24. The topological polar surface area (TPSA) is 18.5 Å². The van der Waals surface area contributed by atoms with E-state index in [0.29, 0.717) is 24.0 Å². The second kappa shape index (κ2) is 1.70. The minimum absolute atomic E-state index is 0.400. The number of allylic oxidation sites excluding steroid dienone is 2. The van der Waals surface area contributed by atoms with Gasteiger partial charge in [-0.25, -0.2) is 0 Å². The third-order valence-corrected chi connectivity index (χ3v) is 3.33. The molecule has 0 N–H and O–H groups in total. The normalized spacial score (nSPS) is 39.8. The molecule has 2 fully saturated rings. The van der Waals surface area contributed by atoms with Crippen molar-refractivity contribution in [2.24, 2.45) is 17.3 Å². The van der Waals surface area contributed by atoms with Gasteiger partial charge < -0.3 is 9.47 Å². The molecule has 1 heterocycles. The first kappa shape index (κ1) is 6.58. The average Bonchev–Trinajstić information content (AvgIpc) is 2.50. The number of hydrogen-bond donors (Lipinski definition) is 0. The van der Waals surface area contributed by atoms with E-state index in [9.17, 15) is 0 Å². The molecule has 0 aromatic carbocycles. The Morgan fingerprint density at radius 2 is 1.67 bits per heavy atom. The Hall–Kier alpha value is -0.920. The van der Waals surface area contributed by atoms with Crippen LogP contribution in [0.2, 0.25) is 0 Å². The van der Waals surface area contributed by atoms with E-state index in [0.717, 1.165) is 11.5 Å². The van der Waals surface area contributed by atoms with Crippen molar-refractivity contribution < 1.29 is 9.47 Å². The van der Waals surface area contributed by atoms with Crippen LogP contribution in [0.15, 0.2) is 23.7 Å². The van der Waals surface area contributed by atoms with Gasteiger partial charge in [-0.05, 0) is 29.4 Å². The van der Waals surface area contributed by atoms with Crippen LogP contribution in [0.3, 0.4) is 0 Å². The lowest BCUT2D eigenvalue weighted by Crippen LogP contribution is -1.91. The van der Waals surface area contributed by atoms with Gasteiger partial charge in [-0.3, -0.25) is 0 Å². The van der Waals surface area contributed by atoms with Crippen molar-refractivity contribution in [2.45, 2.75) is 13.8 Å². The molecule has 2 atom stereocenters. The molecule has 64 valence electrons. The van der Waals surface area contributed by atoms with Gasteiger partial charge in [-0.1, -0.05) is 13.8 Å². The van der Waals surface area contributed by atoms with Crippen molar-refractivity contribution in [1.29, 1.82) is 0 Å². The van der Waals surface area contributed by atoms with E-state index in [1.807, 2.05) is 0 Å². The largest absolute Gasteiger partial charge is 0.454 e. The smallest absolute Gasteiger partial charge is 0.231 e. The molecule has 2 nitrogen and oxygen atoms in total. The minimum Gasteiger partial charge on any atom is -0.454 e. The molecule has 12 heavy (non-hydrogen) atoms. The Morgan fingerprint density at radius 3 is 2.17 bits per heavy atom. The quantitative estimate of drug-likeness (QED) is 0.545. The van der Waals surface area contributed by atoms with E-state index in [1.165, 1.54) is 0 Å². The fraction of sp³-hybridized carbons (Fsp3) is 0.600. The van der Waals surface area contributed by atoms with Gasteiger partial charge in [-0.2, -0.15) is 0 Å². The Kier molecular flexibility index (Phi) is 0.935. The van der Waals surface area contributed by atoms with Crippen LogP contribution in [0.5, 0.6) is 0 Å². The van der Waals surface area contributed by atoms with Gasteiger partial charge in [0, 0.05) is 0 Å². The predicted molar refractivity (Wildman–Crippen MR) is 44.0 cm³/mol. The highest BCUT2D eigenvalue weighted by Crippen LogP contribution is 2.62. The number of ether oxygens (including phenoxy) is 2. The summed E-state index contributed by atoms with van der Waals surface area (Å²) in [4.78, 5) is 0. The van der Waals surface area contributed by atoms with Crippen LogP contribution in [-0.4, -0.2) is 6.79 Å². The first-order valence-corrected chi connectivity index (χ1v) is 4.39. The summed E-state index contributed by atoms with van der Waals surface area (Å²) in [6.07, 6.45) is 4.43. The number of fused-ring (bicyclic) bond motifs is 2. The van der Waals surface area contributed by atoms with Crippen molar-refractivity contribution >= 4 is 0 Å². The zero-order chi connectivity index (χ0) is 8.34. The molecule has 2 heteroatoms. The molecule has 3 aliphatic rings. The predicted octanol–water partition coefficient (Wildman–Crippen LogP) is 2.04. The van der Waals surface area contributed by atoms with Gasteiger partial charge in [0.25, 0.3) is 0 Å². The summed E-state index contributed by atoms with van der Waals surface area (Å²) in [5.74, 6) is 3.28. The lowest BCUT2D eigenvalue weighted by molar-refractivity contribution is 0.0973. The van der Waals surface area contributed by atoms with E-state index in [4.69, 9.17) is 9.47 Å². The molecule has 1 aliphatic heterocycles. The summed E-state index contributed by atoms with van der Waals surface area (Å²) in [5.41, 5.74) is 0.428. The van der Waals surface area contributed by atoms with Crippen molar-refractivity contribution in [3.63, 3.8) is 0 Å². The molecular weight excluding hydrogens is 152 g/mol. The van der Waals surface area contributed by atoms with Crippen LogP contribution in [0.1, 0.15) is 13.8 Å². The maximum Gasteiger partial charge on any atom is 0.231 e. The lowest BCUT2D eigenvalue weighted by Gasteiger charge is -2.00. The zero-order valence-corrected chi connectivity index (χ0v) is 7.33. The highest BCUT2D eigenvalue weighted by atomic mass is 16.7. The van der Waals surface area contributed by atoms with E-state index in [1.54, 1.807) is 0 Å². The molecule has 2 aliphatic carbocycles. The molecule has 1 saturated carbocycles. The van der Waals surface area contributed by atoms with Gasteiger partial charge in [0.05, 0.1) is 0 Å². The van der Waals surface area contributed by atoms with Crippen LogP contribution >= 0.6 is 0 Å². The number of rotatable bonds is 0. The third-order valence-electron chi connectivity index (χ3n) is 3.33. The standard InChI is InChI=1S/C10H12O2/c1-10(2)6-3-8-9(4-7(6)10)12-5-11-8/h3-4,6-7H,5H2,1-2H3. The molecular formula is C10H12O2. The minimum atomic E-state index is 0.400. The summed E-state index contributed by atoms with van der Waals surface area (Å²) in [6, 6.07) is 0. The molecule has 0 amide bonds. The number of hydrogen-bond acceptors (Lipinski definition) is 2. The monoisotopic (exact) mass is 164 g/mol. The highest BCUT2D eigenvalue weighted by molar-refractivity contribution is 5.37. The first-order valence-electron chi connectivity index (χ1n) is 4.39. The Bertz CT molecular complexity index is 271. The zero-order valence-electron chi connectivity index (χ0n) is 7.33. The van der Waals surface area contributed by atoms with E-state index in [2.05, 4.69) is 26.0 Å². The second-order valence-corrected chi connectivity index (χ2v) is 4.34. The summed E-state index contributed by atoms with van der Waals surface area (Å²) >= 11 is 0. The highest BCUT2D eigenvalue weighted by Gasteiger charge is 2.57. The maximum atomic E-state index is 5.32. The second-order valence-electron chi connectivity index (χ2n) is 4.34. The van der Waals surface area contributed by atoms with Gasteiger partial charge in [0.1, 0.15) is 0 Å². The molecule has 0 aromatic rings. The van der Waals surface area contributed by atoms with Gasteiger partial charge in [0.2, 0.25) is 6.79 Å². The molecule has 0 aromatic heterocycles. The van der Waals surface area contributed by atoms with Crippen molar-refractivity contribution in [1.82, 2.24) is 0 Å². The maximum absolute atomic E-state index is 5.32. The molecule has 3 rings (SSSR count). The summed E-state index contributed by atoms with van der Waals surface area (Å²) in [5, 5.41) is 0. The van der Waals surface area contributed by atoms with Crippen LogP contribution < -0.4 is 0 Å². The molecule has 1 saturated heterocycles. The van der Waals surface area contributed by atoms with Gasteiger partial charge in [-0.15, -0.1) is 0 Å². The van der Waals surface area contributed by atoms with Gasteiger partial charge >= 0.3 is 0 Å². The molecule has 0 bridgehead atoms. The van der Waals surface area contributed by atoms with E-state index in [-0.39, 0.29) is 0 Å². The van der Waals surface area contributed by atoms with E-state index < -0.39 is 0 Å². The van der Waals surface area contributed by atoms with Crippen LogP contribution in [0.4, 0.5) is 0 Å². The van der Waals surface area contributed by atoms with Crippen LogP contribution in [-0.2, 0) is 9.47 Å². The summed E-state index contributed by atoms with van der Waals surface area (Å²) in [6.45, 7) is 4.98. The summed E-state index contributed by atoms with van der Waals surface area (Å²) < 4.78 is 10.6. The van der Waals surface area contributed by atoms with Gasteiger partial charge in [0.15, 0.2) is 11.5 Å². The average molecular weight is 164 g/mol.